The average molecular weight is 267 g/mol. The number of carbonyl (C=O) groups is 1. The van der Waals surface area contributed by atoms with Gasteiger partial charge in [0.15, 0.2) is 0 Å². The summed E-state index contributed by atoms with van der Waals surface area (Å²) < 4.78 is 5.27. The lowest BCUT2D eigenvalue weighted by molar-refractivity contribution is -0.120. The van der Waals surface area contributed by atoms with Gasteiger partial charge in [-0.05, 0) is 25.0 Å². The lowest BCUT2D eigenvalue weighted by atomic mass is 10.2. The topological polar surface area (TPSA) is 38.3 Å². The summed E-state index contributed by atoms with van der Waals surface area (Å²) in [5.74, 6) is 1.35. The molecule has 0 bridgehead atoms. The molecule has 1 atom stereocenters. The minimum absolute atomic E-state index is 0.0691. The quantitative estimate of drug-likeness (QED) is 0.805. The van der Waals surface area contributed by atoms with Gasteiger partial charge >= 0.3 is 0 Å². The van der Waals surface area contributed by atoms with E-state index in [1.165, 1.54) is 11.8 Å². The van der Waals surface area contributed by atoms with Crippen LogP contribution < -0.4 is 10.1 Å². The van der Waals surface area contributed by atoms with Gasteiger partial charge in [-0.3, -0.25) is 4.79 Å². The second-order valence-electron chi connectivity index (χ2n) is 4.55. The van der Waals surface area contributed by atoms with Crippen LogP contribution in [0, 0.1) is 5.92 Å². The van der Waals surface area contributed by atoms with Crippen molar-refractivity contribution in [1.29, 1.82) is 0 Å². The van der Waals surface area contributed by atoms with Crippen LogP contribution in [-0.2, 0) is 4.79 Å². The standard InChI is InChI=1S/C14H21NO2S/c1-10(2)9-15-14(16)11(3)18-13-8-6-5-7-12(13)17-4/h5-8,10-11H,9H2,1-4H3,(H,15,16). The Morgan fingerprint density at radius 2 is 2.00 bits per heavy atom. The number of carbonyl (C=O) groups excluding carboxylic acids is 1. The summed E-state index contributed by atoms with van der Waals surface area (Å²) in [6, 6.07) is 7.74. The molecule has 0 saturated carbocycles. The van der Waals surface area contributed by atoms with Crippen molar-refractivity contribution >= 4 is 17.7 Å². The Morgan fingerprint density at radius 3 is 2.61 bits per heavy atom. The third kappa shape index (κ3) is 4.61. The molecule has 0 spiro atoms. The molecule has 0 aromatic heterocycles. The Balaban J connectivity index is 2.58. The summed E-state index contributed by atoms with van der Waals surface area (Å²) in [7, 11) is 1.64. The highest BCUT2D eigenvalue weighted by Crippen LogP contribution is 2.31. The second kappa shape index (κ2) is 7.31. The molecule has 0 aliphatic carbocycles. The molecule has 1 aromatic carbocycles. The van der Waals surface area contributed by atoms with Crippen LogP contribution in [-0.4, -0.2) is 24.8 Å². The monoisotopic (exact) mass is 267 g/mol. The second-order valence-corrected chi connectivity index (χ2v) is 5.93. The van der Waals surface area contributed by atoms with Gasteiger partial charge in [-0.1, -0.05) is 26.0 Å². The predicted molar refractivity (Wildman–Crippen MR) is 76.2 cm³/mol. The van der Waals surface area contributed by atoms with Gasteiger partial charge in [-0.25, -0.2) is 0 Å². The van der Waals surface area contributed by atoms with E-state index in [-0.39, 0.29) is 11.2 Å². The summed E-state index contributed by atoms with van der Waals surface area (Å²) >= 11 is 1.52. The summed E-state index contributed by atoms with van der Waals surface area (Å²) in [5, 5.41) is 2.81. The molecule has 100 valence electrons. The molecule has 3 nitrogen and oxygen atoms in total. The molecule has 0 aliphatic rings. The van der Waals surface area contributed by atoms with E-state index in [9.17, 15) is 4.79 Å². The van der Waals surface area contributed by atoms with Crippen LogP contribution in [0.25, 0.3) is 0 Å². The van der Waals surface area contributed by atoms with E-state index < -0.39 is 0 Å². The van der Waals surface area contributed by atoms with Crippen molar-refractivity contribution in [3.63, 3.8) is 0 Å². The fraction of sp³-hybridized carbons (Fsp3) is 0.500. The molecular formula is C14H21NO2S. The fourth-order valence-corrected chi connectivity index (χ4v) is 2.40. The minimum Gasteiger partial charge on any atom is -0.496 e. The van der Waals surface area contributed by atoms with Crippen molar-refractivity contribution in [2.45, 2.75) is 30.9 Å². The maximum Gasteiger partial charge on any atom is 0.233 e. The zero-order valence-electron chi connectivity index (χ0n) is 11.4. The highest BCUT2D eigenvalue weighted by atomic mass is 32.2. The molecule has 1 aromatic rings. The molecule has 0 radical (unpaired) electrons. The number of thioether (sulfide) groups is 1. The zero-order valence-corrected chi connectivity index (χ0v) is 12.2. The molecule has 4 heteroatoms. The molecule has 1 amide bonds. The minimum atomic E-state index is -0.125. The predicted octanol–water partition coefficient (Wildman–Crippen LogP) is 2.95. The molecule has 18 heavy (non-hydrogen) atoms. The average Bonchev–Trinajstić information content (AvgIpc) is 2.36. The Morgan fingerprint density at radius 1 is 1.33 bits per heavy atom. The van der Waals surface area contributed by atoms with Crippen LogP contribution in [0.15, 0.2) is 29.2 Å². The number of methoxy groups -OCH3 is 1. The van der Waals surface area contributed by atoms with Gasteiger partial charge in [0.1, 0.15) is 5.75 Å². The van der Waals surface area contributed by atoms with Crippen LogP contribution in [0.2, 0.25) is 0 Å². The first kappa shape index (κ1) is 14.9. The summed E-state index contributed by atoms with van der Waals surface area (Å²) in [6.07, 6.45) is 0. The van der Waals surface area contributed by atoms with Crippen molar-refractivity contribution in [1.82, 2.24) is 5.32 Å². The van der Waals surface area contributed by atoms with Crippen molar-refractivity contribution in [3.05, 3.63) is 24.3 Å². The number of nitrogens with one attached hydrogen (secondary N) is 1. The number of rotatable bonds is 6. The molecule has 1 N–H and O–H groups in total. The van der Waals surface area contributed by atoms with Gasteiger partial charge in [0.2, 0.25) is 5.91 Å². The van der Waals surface area contributed by atoms with E-state index >= 15 is 0 Å². The van der Waals surface area contributed by atoms with Crippen LogP contribution in [0.5, 0.6) is 5.75 Å². The van der Waals surface area contributed by atoms with Crippen LogP contribution in [0.4, 0.5) is 0 Å². The van der Waals surface area contributed by atoms with E-state index in [1.807, 2.05) is 31.2 Å². The Kier molecular flexibility index (Phi) is 6.05. The SMILES string of the molecule is COc1ccccc1SC(C)C(=O)NCC(C)C. The Bertz CT molecular complexity index is 393. The van der Waals surface area contributed by atoms with Crippen molar-refractivity contribution in [2.24, 2.45) is 5.92 Å². The highest BCUT2D eigenvalue weighted by molar-refractivity contribution is 8.00. The van der Waals surface area contributed by atoms with Gasteiger partial charge in [0.25, 0.3) is 0 Å². The van der Waals surface area contributed by atoms with Gasteiger partial charge in [-0.15, -0.1) is 11.8 Å². The Hall–Kier alpha value is -1.16. The normalized spacial score (nSPS) is 12.3. The lowest BCUT2D eigenvalue weighted by Gasteiger charge is -2.14. The molecule has 0 aliphatic heterocycles. The van der Waals surface area contributed by atoms with Crippen LogP contribution in [0.3, 0.4) is 0 Å². The van der Waals surface area contributed by atoms with E-state index in [2.05, 4.69) is 19.2 Å². The summed E-state index contributed by atoms with van der Waals surface area (Å²) in [6.45, 7) is 6.79. The highest BCUT2D eigenvalue weighted by Gasteiger charge is 2.16. The largest absolute Gasteiger partial charge is 0.496 e. The van der Waals surface area contributed by atoms with Gasteiger partial charge < -0.3 is 10.1 Å². The molecule has 0 saturated heterocycles. The fourth-order valence-electron chi connectivity index (χ4n) is 1.41. The first-order valence-corrected chi connectivity index (χ1v) is 7.00. The summed E-state index contributed by atoms with van der Waals surface area (Å²) in [4.78, 5) is 12.9. The van der Waals surface area contributed by atoms with E-state index in [1.54, 1.807) is 7.11 Å². The number of para-hydroxylation sites is 1. The lowest BCUT2D eigenvalue weighted by Crippen LogP contribution is -2.33. The van der Waals surface area contributed by atoms with Crippen molar-refractivity contribution in [3.8, 4) is 5.75 Å². The summed E-state index contributed by atoms with van der Waals surface area (Å²) in [5.41, 5.74) is 0. The van der Waals surface area contributed by atoms with Crippen molar-refractivity contribution in [2.75, 3.05) is 13.7 Å². The van der Waals surface area contributed by atoms with Crippen LogP contribution >= 0.6 is 11.8 Å². The molecule has 0 heterocycles. The molecule has 1 rings (SSSR count). The number of amides is 1. The zero-order chi connectivity index (χ0) is 13.5. The maximum absolute atomic E-state index is 11.9. The van der Waals surface area contributed by atoms with Crippen molar-refractivity contribution < 1.29 is 9.53 Å². The van der Waals surface area contributed by atoms with E-state index in [0.29, 0.717) is 5.92 Å². The van der Waals surface area contributed by atoms with E-state index in [0.717, 1.165) is 17.2 Å². The third-order valence-electron chi connectivity index (χ3n) is 2.43. The molecule has 1 unspecified atom stereocenters. The molecular weight excluding hydrogens is 246 g/mol. The molecule has 0 fully saturated rings. The van der Waals surface area contributed by atoms with E-state index in [4.69, 9.17) is 4.74 Å². The maximum atomic E-state index is 11.9. The van der Waals surface area contributed by atoms with Gasteiger partial charge in [0, 0.05) is 6.54 Å². The number of benzene rings is 1. The van der Waals surface area contributed by atoms with Gasteiger partial charge in [-0.2, -0.15) is 0 Å². The van der Waals surface area contributed by atoms with Crippen LogP contribution in [0.1, 0.15) is 20.8 Å². The number of hydrogen-bond donors (Lipinski definition) is 1. The first-order chi connectivity index (χ1) is 8.54. The third-order valence-corrected chi connectivity index (χ3v) is 3.59. The smallest absolute Gasteiger partial charge is 0.233 e. The number of hydrogen-bond acceptors (Lipinski definition) is 3. The number of ether oxygens (including phenoxy) is 1. The Labute approximate surface area is 113 Å². The first-order valence-electron chi connectivity index (χ1n) is 6.12. The van der Waals surface area contributed by atoms with Gasteiger partial charge in [0.05, 0.1) is 17.3 Å².